The van der Waals surface area contributed by atoms with Crippen LogP contribution in [0.2, 0.25) is 0 Å². The van der Waals surface area contributed by atoms with Gasteiger partial charge in [-0.3, -0.25) is 0 Å². The minimum absolute atomic E-state index is 0.286. The Labute approximate surface area is 235 Å². The molecule has 2 fully saturated rings. The number of piperazine rings is 1. The number of benzene rings is 2. The molecule has 210 valence electrons. The molecule has 0 amide bonds. The van der Waals surface area contributed by atoms with E-state index in [0.29, 0.717) is 49.5 Å². The van der Waals surface area contributed by atoms with Gasteiger partial charge in [-0.2, -0.15) is 14.3 Å². The smallest absolute Gasteiger partial charge is 0.243 e. The van der Waals surface area contributed by atoms with Crippen LogP contribution in [-0.2, 0) is 16.6 Å². The number of sulfonamides is 1. The standard InChI is InChI=1S/C29H36N8O2S/c1-2-35-21-30-26-27(33-29(34-28(26)35)32-22-9-5-3-6-10-22)31-23-13-15-25(16-14-23)40(38,39)37-19-17-36(18-20-37)24-11-7-4-8-12-24/h4,7-8,11-16,21-22H,2-3,5-6,9-10,17-20H2,1H3,(H2,31,32,33,34). The van der Waals surface area contributed by atoms with Crippen molar-refractivity contribution in [2.45, 2.75) is 56.5 Å². The number of hydrogen-bond donors (Lipinski definition) is 2. The number of imidazole rings is 1. The highest BCUT2D eigenvalue weighted by molar-refractivity contribution is 7.89. The van der Waals surface area contributed by atoms with E-state index < -0.39 is 10.0 Å². The minimum atomic E-state index is -3.59. The number of nitrogens with one attached hydrogen (secondary N) is 2. The van der Waals surface area contributed by atoms with Gasteiger partial charge in [0.1, 0.15) is 0 Å². The Morgan fingerprint density at radius 1 is 0.900 bits per heavy atom. The van der Waals surface area contributed by atoms with Crippen molar-refractivity contribution in [2.24, 2.45) is 0 Å². The molecule has 11 heteroatoms. The van der Waals surface area contributed by atoms with E-state index in [9.17, 15) is 8.42 Å². The van der Waals surface area contributed by atoms with Gasteiger partial charge in [0, 0.05) is 50.1 Å². The van der Waals surface area contributed by atoms with Crippen LogP contribution in [0.25, 0.3) is 11.2 Å². The lowest BCUT2D eigenvalue weighted by Gasteiger charge is -2.35. The van der Waals surface area contributed by atoms with E-state index in [0.717, 1.165) is 36.4 Å². The summed E-state index contributed by atoms with van der Waals surface area (Å²) in [7, 11) is -3.59. The first-order valence-electron chi connectivity index (χ1n) is 14.2. The fraction of sp³-hybridized carbons (Fsp3) is 0.414. The fourth-order valence-electron chi connectivity index (χ4n) is 5.58. The van der Waals surface area contributed by atoms with Crippen LogP contribution in [0.15, 0.2) is 65.8 Å². The Morgan fingerprint density at radius 3 is 2.33 bits per heavy atom. The van der Waals surface area contributed by atoms with Gasteiger partial charge in [-0.1, -0.05) is 37.5 Å². The topological polar surface area (TPSA) is 108 Å². The first kappa shape index (κ1) is 26.5. The van der Waals surface area contributed by atoms with Crippen LogP contribution in [0.5, 0.6) is 0 Å². The molecule has 10 nitrogen and oxygen atoms in total. The van der Waals surface area contributed by atoms with Crippen LogP contribution < -0.4 is 15.5 Å². The number of para-hydroxylation sites is 1. The molecule has 0 spiro atoms. The number of fused-ring (bicyclic) bond motifs is 1. The summed E-state index contributed by atoms with van der Waals surface area (Å²) in [5.41, 5.74) is 3.31. The number of aromatic nitrogens is 4. The summed E-state index contributed by atoms with van der Waals surface area (Å²) in [5, 5.41) is 6.89. The Hall–Kier alpha value is -3.70. The van der Waals surface area contributed by atoms with E-state index in [1.54, 1.807) is 34.9 Å². The van der Waals surface area contributed by atoms with Crippen LogP contribution in [-0.4, -0.2) is 64.5 Å². The van der Waals surface area contributed by atoms with Crippen molar-refractivity contribution in [1.82, 2.24) is 23.8 Å². The number of rotatable bonds is 8. The van der Waals surface area contributed by atoms with E-state index >= 15 is 0 Å². The second-order valence-electron chi connectivity index (χ2n) is 10.5. The Kier molecular flexibility index (Phi) is 7.57. The molecular weight excluding hydrogens is 524 g/mol. The number of aryl methyl sites for hydroxylation is 1. The number of hydrogen-bond acceptors (Lipinski definition) is 8. The highest BCUT2D eigenvalue weighted by Crippen LogP contribution is 2.28. The van der Waals surface area contributed by atoms with Crippen molar-refractivity contribution < 1.29 is 8.42 Å². The molecule has 1 saturated carbocycles. The van der Waals surface area contributed by atoms with Gasteiger partial charge >= 0.3 is 0 Å². The Balaban J connectivity index is 1.18. The van der Waals surface area contributed by atoms with Crippen LogP contribution >= 0.6 is 0 Å². The maximum absolute atomic E-state index is 13.4. The second-order valence-corrected chi connectivity index (χ2v) is 12.4. The average molecular weight is 561 g/mol. The predicted octanol–water partition coefficient (Wildman–Crippen LogP) is 4.85. The van der Waals surface area contributed by atoms with E-state index in [4.69, 9.17) is 9.97 Å². The molecule has 0 radical (unpaired) electrons. The summed E-state index contributed by atoms with van der Waals surface area (Å²) in [4.78, 5) is 16.6. The zero-order chi connectivity index (χ0) is 27.5. The van der Waals surface area contributed by atoms with Crippen molar-refractivity contribution in [2.75, 3.05) is 41.7 Å². The highest BCUT2D eigenvalue weighted by Gasteiger charge is 2.28. The molecule has 1 saturated heterocycles. The van der Waals surface area contributed by atoms with E-state index in [1.165, 1.54) is 19.3 Å². The lowest BCUT2D eigenvalue weighted by Crippen LogP contribution is -2.48. The highest BCUT2D eigenvalue weighted by atomic mass is 32.2. The van der Waals surface area contributed by atoms with Gasteiger partial charge < -0.3 is 20.1 Å². The van der Waals surface area contributed by atoms with Crippen molar-refractivity contribution in [3.63, 3.8) is 0 Å². The van der Waals surface area contributed by atoms with Crippen molar-refractivity contribution in [3.8, 4) is 0 Å². The van der Waals surface area contributed by atoms with Crippen LogP contribution in [0.4, 0.5) is 23.1 Å². The van der Waals surface area contributed by atoms with Gasteiger partial charge in [0.2, 0.25) is 16.0 Å². The zero-order valence-corrected chi connectivity index (χ0v) is 23.6. The summed E-state index contributed by atoms with van der Waals surface area (Å²) >= 11 is 0. The summed E-state index contributed by atoms with van der Waals surface area (Å²) in [5.74, 6) is 1.19. The summed E-state index contributed by atoms with van der Waals surface area (Å²) < 4.78 is 30.4. The van der Waals surface area contributed by atoms with Crippen LogP contribution in [0.3, 0.4) is 0 Å². The molecule has 2 aromatic heterocycles. The monoisotopic (exact) mass is 560 g/mol. The third-order valence-corrected chi connectivity index (χ3v) is 9.77. The van der Waals surface area contributed by atoms with Crippen molar-refractivity contribution in [1.29, 1.82) is 0 Å². The molecular formula is C29H36N8O2S. The first-order chi connectivity index (χ1) is 19.5. The maximum atomic E-state index is 13.4. The quantitative estimate of drug-likeness (QED) is 0.315. The fourth-order valence-corrected chi connectivity index (χ4v) is 7.00. The third kappa shape index (κ3) is 5.48. The van der Waals surface area contributed by atoms with E-state index in [-0.39, 0.29) is 4.90 Å². The second kappa shape index (κ2) is 11.4. The van der Waals surface area contributed by atoms with Crippen molar-refractivity contribution in [3.05, 3.63) is 60.9 Å². The van der Waals surface area contributed by atoms with Gasteiger partial charge in [-0.05, 0) is 56.2 Å². The van der Waals surface area contributed by atoms with E-state index in [2.05, 4.69) is 39.6 Å². The Bertz CT molecular complexity index is 1540. The van der Waals surface area contributed by atoms with E-state index in [1.807, 2.05) is 22.8 Å². The summed E-state index contributed by atoms with van der Waals surface area (Å²) in [6.45, 7) is 5.04. The molecule has 0 unspecified atom stereocenters. The molecule has 3 heterocycles. The molecule has 0 bridgehead atoms. The number of nitrogens with zero attached hydrogens (tertiary/aromatic N) is 6. The lowest BCUT2D eigenvalue weighted by atomic mass is 9.96. The number of anilines is 4. The van der Waals surface area contributed by atoms with Crippen LogP contribution in [0, 0.1) is 0 Å². The summed E-state index contributed by atoms with van der Waals surface area (Å²) in [6.07, 6.45) is 7.74. The average Bonchev–Trinajstić information content (AvgIpc) is 3.42. The Morgan fingerprint density at radius 2 is 1.62 bits per heavy atom. The lowest BCUT2D eigenvalue weighted by molar-refractivity contribution is 0.385. The first-order valence-corrected chi connectivity index (χ1v) is 15.6. The molecule has 1 aliphatic carbocycles. The van der Waals surface area contributed by atoms with Gasteiger partial charge in [0.15, 0.2) is 17.0 Å². The molecule has 2 N–H and O–H groups in total. The maximum Gasteiger partial charge on any atom is 0.243 e. The molecule has 0 atom stereocenters. The summed E-state index contributed by atoms with van der Waals surface area (Å²) in [6, 6.07) is 17.4. The van der Waals surface area contributed by atoms with Gasteiger partial charge in [-0.25, -0.2) is 13.4 Å². The molecule has 40 heavy (non-hydrogen) atoms. The normalized spacial score (nSPS) is 17.3. The van der Waals surface area contributed by atoms with Gasteiger partial charge in [0.05, 0.1) is 11.2 Å². The zero-order valence-electron chi connectivity index (χ0n) is 22.8. The van der Waals surface area contributed by atoms with Crippen LogP contribution in [0.1, 0.15) is 39.0 Å². The largest absolute Gasteiger partial charge is 0.369 e. The molecule has 2 aromatic carbocycles. The third-order valence-electron chi connectivity index (χ3n) is 7.86. The van der Waals surface area contributed by atoms with Crippen molar-refractivity contribution >= 4 is 44.3 Å². The minimum Gasteiger partial charge on any atom is -0.369 e. The van der Waals surface area contributed by atoms with Gasteiger partial charge in [0.25, 0.3) is 0 Å². The SMILES string of the molecule is CCn1cnc2c(Nc3ccc(S(=O)(=O)N4CCN(c5ccccc5)CC4)cc3)nc(NC3CCCCC3)nc21. The predicted molar refractivity (Wildman–Crippen MR) is 159 cm³/mol. The molecule has 2 aliphatic rings. The molecule has 4 aromatic rings. The molecule has 1 aliphatic heterocycles. The molecule has 6 rings (SSSR count). The van der Waals surface area contributed by atoms with Gasteiger partial charge in [-0.15, -0.1) is 0 Å².